The number of hydrogen-bond donors (Lipinski definition) is 1. The summed E-state index contributed by atoms with van der Waals surface area (Å²) in [6.07, 6.45) is 1.66. The second-order valence-corrected chi connectivity index (χ2v) is 7.54. The predicted octanol–water partition coefficient (Wildman–Crippen LogP) is 4.00. The van der Waals surface area contributed by atoms with E-state index in [0.717, 1.165) is 35.0 Å². The molecule has 1 atom stereocenters. The third-order valence-corrected chi connectivity index (χ3v) is 5.82. The van der Waals surface area contributed by atoms with Crippen molar-refractivity contribution in [3.05, 3.63) is 59.5 Å². The highest BCUT2D eigenvalue weighted by Gasteiger charge is 2.29. The van der Waals surface area contributed by atoms with Gasteiger partial charge >= 0.3 is 5.97 Å². The summed E-state index contributed by atoms with van der Waals surface area (Å²) in [5.74, 6) is -1.16. The van der Waals surface area contributed by atoms with Gasteiger partial charge in [0.1, 0.15) is 11.3 Å². The molecule has 0 saturated heterocycles. The summed E-state index contributed by atoms with van der Waals surface area (Å²) in [7, 11) is 1.93. The van der Waals surface area contributed by atoms with E-state index in [1.54, 1.807) is 6.07 Å². The Morgan fingerprint density at radius 2 is 2.17 bits per heavy atom. The summed E-state index contributed by atoms with van der Waals surface area (Å²) < 4.78 is 21.5. The van der Waals surface area contributed by atoms with Crippen LogP contribution in [0.5, 0.6) is 0 Å². The molecule has 29 heavy (non-hydrogen) atoms. The maximum atomic E-state index is 13.5. The van der Waals surface area contributed by atoms with Crippen LogP contribution < -0.4 is 4.90 Å². The molecule has 7 heteroatoms. The molecule has 3 heterocycles. The van der Waals surface area contributed by atoms with Gasteiger partial charge in [0.05, 0.1) is 12.5 Å². The lowest BCUT2D eigenvalue weighted by atomic mass is 9.99. The molecular formula is C22H20FN3O3. The zero-order valence-corrected chi connectivity index (χ0v) is 15.9. The maximum Gasteiger partial charge on any atom is 0.307 e. The number of hydrogen-bond acceptors (Lipinski definition) is 4. The Morgan fingerprint density at radius 1 is 1.34 bits per heavy atom. The van der Waals surface area contributed by atoms with Gasteiger partial charge in [-0.3, -0.25) is 4.79 Å². The van der Waals surface area contributed by atoms with E-state index >= 15 is 0 Å². The van der Waals surface area contributed by atoms with E-state index in [1.165, 1.54) is 12.1 Å². The number of carboxylic acids is 1. The van der Waals surface area contributed by atoms with Gasteiger partial charge in [-0.05, 0) is 36.6 Å². The van der Waals surface area contributed by atoms with Crippen molar-refractivity contribution in [3.8, 4) is 0 Å². The third kappa shape index (κ3) is 2.93. The number of para-hydroxylation sites is 1. The Bertz CT molecular complexity index is 1240. The van der Waals surface area contributed by atoms with Crippen LogP contribution in [-0.4, -0.2) is 33.7 Å². The third-order valence-electron chi connectivity index (χ3n) is 5.82. The zero-order valence-electron chi connectivity index (χ0n) is 15.9. The average Bonchev–Trinajstić information content (AvgIpc) is 3.26. The standard InChI is InChI=1S/C22H20FN3O3/c1-25(22-24-17-10-13(23)6-9-20(17)29-22)14-7-8-19-16(11-21(27)28)15-4-2-3-5-18(15)26(19)12-14/h2-6,9-10,14H,7-8,11-12H2,1H3,(H,27,28). The zero-order chi connectivity index (χ0) is 20.1. The van der Waals surface area contributed by atoms with Crippen molar-refractivity contribution < 1.29 is 18.7 Å². The van der Waals surface area contributed by atoms with Gasteiger partial charge in [-0.1, -0.05) is 18.2 Å². The lowest BCUT2D eigenvalue weighted by Gasteiger charge is -2.32. The molecule has 2 aromatic heterocycles. The molecule has 6 nitrogen and oxygen atoms in total. The number of anilines is 1. The van der Waals surface area contributed by atoms with Crippen LogP contribution in [0.25, 0.3) is 22.0 Å². The molecule has 0 saturated carbocycles. The minimum atomic E-state index is -0.817. The van der Waals surface area contributed by atoms with Gasteiger partial charge in [0.2, 0.25) is 0 Å². The van der Waals surface area contributed by atoms with Gasteiger partial charge < -0.3 is 19.0 Å². The monoisotopic (exact) mass is 393 g/mol. The average molecular weight is 393 g/mol. The second kappa shape index (κ2) is 6.62. The van der Waals surface area contributed by atoms with Crippen molar-refractivity contribution in [2.75, 3.05) is 11.9 Å². The van der Waals surface area contributed by atoms with Gasteiger partial charge in [0, 0.05) is 36.3 Å². The van der Waals surface area contributed by atoms with Crippen LogP contribution in [0.3, 0.4) is 0 Å². The van der Waals surface area contributed by atoms with E-state index in [0.29, 0.717) is 23.7 Å². The van der Waals surface area contributed by atoms with Crippen LogP contribution in [0.15, 0.2) is 46.9 Å². The number of aliphatic carboxylic acids is 1. The van der Waals surface area contributed by atoms with Crippen LogP contribution in [0.4, 0.5) is 10.4 Å². The Hall–Kier alpha value is -3.35. The summed E-state index contributed by atoms with van der Waals surface area (Å²) in [4.78, 5) is 17.8. The van der Waals surface area contributed by atoms with E-state index in [9.17, 15) is 14.3 Å². The quantitative estimate of drug-likeness (QED) is 0.567. The van der Waals surface area contributed by atoms with Crippen molar-refractivity contribution in [1.82, 2.24) is 9.55 Å². The number of oxazole rings is 1. The molecule has 1 aliphatic rings. The molecule has 4 aromatic rings. The Labute approximate surface area is 166 Å². The predicted molar refractivity (Wildman–Crippen MR) is 108 cm³/mol. The smallest absolute Gasteiger partial charge is 0.307 e. The number of likely N-dealkylation sites (N-methyl/N-ethyl adjacent to an activating group) is 1. The molecule has 148 valence electrons. The number of fused-ring (bicyclic) bond motifs is 4. The molecule has 5 rings (SSSR count). The fourth-order valence-electron chi connectivity index (χ4n) is 4.39. The molecule has 2 aromatic carbocycles. The first-order chi connectivity index (χ1) is 14.0. The van der Waals surface area contributed by atoms with E-state index in [4.69, 9.17) is 4.42 Å². The second-order valence-electron chi connectivity index (χ2n) is 7.54. The van der Waals surface area contributed by atoms with Gasteiger partial charge in [-0.15, -0.1) is 0 Å². The number of aromatic nitrogens is 2. The van der Waals surface area contributed by atoms with Crippen LogP contribution in [0, 0.1) is 5.82 Å². The van der Waals surface area contributed by atoms with Gasteiger partial charge in [-0.2, -0.15) is 4.98 Å². The normalized spacial score (nSPS) is 16.3. The largest absolute Gasteiger partial charge is 0.481 e. The van der Waals surface area contributed by atoms with Crippen LogP contribution >= 0.6 is 0 Å². The highest BCUT2D eigenvalue weighted by atomic mass is 19.1. The number of nitrogens with zero attached hydrogens (tertiary/aromatic N) is 3. The first-order valence-corrected chi connectivity index (χ1v) is 9.61. The minimum Gasteiger partial charge on any atom is -0.481 e. The topological polar surface area (TPSA) is 71.5 Å². The van der Waals surface area contributed by atoms with Crippen molar-refractivity contribution in [1.29, 1.82) is 0 Å². The van der Waals surface area contributed by atoms with Gasteiger partial charge in [-0.25, -0.2) is 4.39 Å². The number of carbonyl (C=O) groups is 1. The Kier molecular flexibility index (Phi) is 4.04. The van der Waals surface area contributed by atoms with E-state index < -0.39 is 5.97 Å². The molecular weight excluding hydrogens is 373 g/mol. The molecule has 1 aliphatic heterocycles. The van der Waals surface area contributed by atoms with Crippen molar-refractivity contribution in [3.63, 3.8) is 0 Å². The van der Waals surface area contributed by atoms with E-state index in [1.807, 2.05) is 36.2 Å². The molecule has 0 fully saturated rings. The summed E-state index contributed by atoms with van der Waals surface area (Å²) in [6, 6.07) is 12.9. The molecule has 0 bridgehead atoms. The van der Waals surface area contributed by atoms with E-state index in [-0.39, 0.29) is 18.3 Å². The SMILES string of the molecule is CN(c1nc2cc(F)ccc2o1)C1CCc2c(CC(=O)O)c3ccccc3n2C1. The fraction of sp³-hybridized carbons (Fsp3) is 0.273. The lowest BCUT2D eigenvalue weighted by Crippen LogP contribution is -2.39. The lowest BCUT2D eigenvalue weighted by molar-refractivity contribution is -0.136. The maximum absolute atomic E-state index is 13.5. The molecule has 0 aliphatic carbocycles. The summed E-state index contributed by atoms with van der Waals surface area (Å²) in [5, 5.41) is 10.4. The first kappa shape index (κ1) is 17.7. The summed E-state index contributed by atoms with van der Waals surface area (Å²) in [5.41, 5.74) is 4.11. The highest BCUT2D eigenvalue weighted by Crippen LogP contribution is 2.33. The van der Waals surface area contributed by atoms with Crippen molar-refractivity contribution >= 4 is 34.0 Å². The fourth-order valence-corrected chi connectivity index (χ4v) is 4.39. The van der Waals surface area contributed by atoms with Gasteiger partial charge in [0.15, 0.2) is 5.58 Å². The first-order valence-electron chi connectivity index (χ1n) is 9.61. The number of benzene rings is 2. The number of rotatable bonds is 4. The highest BCUT2D eigenvalue weighted by molar-refractivity contribution is 5.89. The van der Waals surface area contributed by atoms with Crippen LogP contribution in [0.2, 0.25) is 0 Å². The summed E-state index contributed by atoms with van der Waals surface area (Å²) >= 11 is 0. The Balaban J connectivity index is 1.50. The molecule has 0 radical (unpaired) electrons. The Morgan fingerprint density at radius 3 is 3.00 bits per heavy atom. The van der Waals surface area contributed by atoms with Crippen molar-refractivity contribution in [2.24, 2.45) is 0 Å². The van der Waals surface area contributed by atoms with Crippen molar-refractivity contribution in [2.45, 2.75) is 31.8 Å². The van der Waals surface area contributed by atoms with Crippen LogP contribution in [0.1, 0.15) is 17.7 Å². The summed E-state index contributed by atoms with van der Waals surface area (Å²) in [6.45, 7) is 0.707. The molecule has 1 unspecified atom stereocenters. The minimum absolute atomic E-state index is 0.0278. The van der Waals surface area contributed by atoms with E-state index in [2.05, 4.69) is 9.55 Å². The molecule has 1 N–H and O–H groups in total. The number of carboxylic acid groups (broad SMARTS) is 1. The van der Waals surface area contributed by atoms with Crippen LogP contribution in [-0.2, 0) is 24.2 Å². The van der Waals surface area contributed by atoms with Gasteiger partial charge in [0.25, 0.3) is 6.01 Å². The molecule has 0 amide bonds. The molecule has 0 spiro atoms. The number of halogens is 1.